The van der Waals surface area contributed by atoms with Gasteiger partial charge in [0.05, 0.1) is 10.6 Å². The van der Waals surface area contributed by atoms with Gasteiger partial charge in [0, 0.05) is 17.0 Å². The van der Waals surface area contributed by atoms with Crippen molar-refractivity contribution in [2.24, 2.45) is 0 Å². The maximum Gasteiger partial charge on any atom is 0.264 e. The summed E-state index contributed by atoms with van der Waals surface area (Å²) in [6, 6.07) is 12.9. The highest BCUT2D eigenvalue weighted by molar-refractivity contribution is 7.93. The first-order valence-corrected chi connectivity index (χ1v) is 9.15. The summed E-state index contributed by atoms with van der Waals surface area (Å²) in [4.78, 5) is 0.299. The molecule has 0 aromatic heterocycles. The molecule has 1 heterocycles. The number of fused-ring (bicyclic) bond motifs is 2. The average Bonchev–Trinajstić information content (AvgIpc) is 3.20. The summed E-state index contributed by atoms with van der Waals surface area (Å²) >= 11 is 6.11. The lowest BCUT2D eigenvalue weighted by molar-refractivity contribution is 0.588. The maximum absolute atomic E-state index is 13.2. The molecular weight excluding hydrogens is 318 g/mol. The van der Waals surface area contributed by atoms with Crippen LogP contribution in [0.25, 0.3) is 0 Å². The van der Waals surface area contributed by atoms with Crippen molar-refractivity contribution in [3.05, 3.63) is 58.6 Å². The van der Waals surface area contributed by atoms with E-state index in [0.29, 0.717) is 22.0 Å². The molecule has 22 heavy (non-hydrogen) atoms. The Kier molecular flexibility index (Phi) is 2.88. The Morgan fingerprint density at radius 3 is 2.55 bits per heavy atom. The van der Waals surface area contributed by atoms with Crippen molar-refractivity contribution in [3.63, 3.8) is 0 Å². The molecule has 0 saturated heterocycles. The van der Waals surface area contributed by atoms with Crippen LogP contribution in [0.2, 0.25) is 5.02 Å². The maximum atomic E-state index is 13.2. The van der Waals surface area contributed by atoms with E-state index in [1.54, 1.807) is 29.4 Å². The van der Waals surface area contributed by atoms with Crippen molar-refractivity contribution in [2.45, 2.75) is 30.1 Å². The van der Waals surface area contributed by atoms with Crippen molar-refractivity contribution in [2.75, 3.05) is 10.8 Å². The number of benzene rings is 2. The highest BCUT2D eigenvalue weighted by atomic mass is 35.5. The largest absolute Gasteiger partial charge is 0.265 e. The topological polar surface area (TPSA) is 37.4 Å². The second-order valence-electron chi connectivity index (χ2n) is 6.17. The summed E-state index contributed by atoms with van der Waals surface area (Å²) in [5.74, 6) is 0. The van der Waals surface area contributed by atoms with E-state index in [1.807, 2.05) is 18.2 Å². The monoisotopic (exact) mass is 333 g/mol. The van der Waals surface area contributed by atoms with Crippen LogP contribution in [-0.2, 0) is 15.4 Å². The molecule has 5 heteroatoms. The molecule has 114 valence electrons. The minimum atomic E-state index is -3.59. The van der Waals surface area contributed by atoms with E-state index in [4.69, 9.17) is 11.6 Å². The Hall–Kier alpha value is -1.52. The lowest BCUT2D eigenvalue weighted by atomic mass is 9.99. The second kappa shape index (κ2) is 4.49. The number of hydrogen-bond acceptors (Lipinski definition) is 2. The summed E-state index contributed by atoms with van der Waals surface area (Å²) in [5.41, 5.74) is 2.63. The molecule has 1 aliphatic carbocycles. The van der Waals surface area contributed by atoms with Crippen LogP contribution < -0.4 is 4.31 Å². The van der Waals surface area contributed by atoms with Gasteiger partial charge in [-0.1, -0.05) is 35.9 Å². The molecule has 0 bridgehead atoms. The zero-order chi connectivity index (χ0) is 15.5. The average molecular weight is 334 g/mol. The summed E-state index contributed by atoms with van der Waals surface area (Å²) in [6.45, 7) is 2.30. The summed E-state index contributed by atoms with van der Waals surface area (Å²) in [5, 5.41) is 0.481. The third-order valence-electron chi connectivity index (χ3n) is 4.83. The van der Waals surface area contributed by atoms with Crippen LogP contribution in [0.5, 0.6) is 0 Å². The predicted octanol–water partition coefficient (Wildman–Crippen LogP) is 3.89. The van der Waals surface area contributed by atoms with Gasteiger partial charge in [-0.2, -0.15) is 0 Å². The summed E-state index contributed by atoms with van der Waals surface area (Å²) < 4.78 is 27.9. The van der Waals surface area contributed by atoms with E-state index < -0.39 is 10.0 Å². The minimum Gasteiger partial charge on any atom is -0.265 e. The van der Waals surface area contributed by atoms with Gasteiger partial charge in [0.25, 0.3) is 10.0 Å². The quantitative estimate of drug-likeness (QED) is 0.836. The van der Waals surface area contributed by atoms with E-state index in [-0.39, 0.29) is 5.41 Å². The molecule has 4 rings (SSSR count). The zero-order valence-electron chi connectivity index (χ0n) is 12.2. The third kappa shape index (κ3) is 1.83. The lowest BCUT2D eigenvalue weighted by Crippen LogP contribution is -2.32. The van der Waals surface area contributed by atoms with Gasteiger partial charge in [-0.25, -0.2) is 8.42 Å². The van der Waals surface area contributed by atoms with Crippen LogP contribution in [0.4, 0.5) is 5.69 Å². The van der Waals surface area contributed by atoms with Gasteiger partial charge < -0.3 is 0 Å². The van der Waals surface area contributed by atoms with E-state index in [9.17, 15) is 8.42 Å². The van der Waals surface area contributed by atoms with Gasteiger partial charge >= 0.3 is 0 Å². The molecule has 0 amide bonds. The number of rotatable bonds is 2. The molecule has 2 aromatic rings. The molecular formula is C17H16ClNO2S. The molecule has 0 N–H and O–H groups in total. The van der Waals surface area contributed by atoms with E-state index >= 15 is 0 Å². The standard InChI is InChI=1S/C17H16ClNO2S/c1-12-14(18)6-4-8-16(12)22(20,21)19-11-17(9-10-17)13-5-2-3-7-15(13)19/h2-8H,9-11H2,1H3. The second-order valence-corrected chi connectivity index (χ2v) is 8.41. The molecule has 0 atom stereocenters. The van der Waals surface area contributed by atoms with E-state index in [0.717, 1.165) is 18.5 Å². The predicted molar refractivity (Wildman–Crippen MR) is 88.1 cm³/mol. The van der Waals surface area contributed by atoms with Crippen molar-refractivity contribution in [1.29, 1.82) is 0 Å². The Balaban J connectivity index is 1.87. The summed E-state index contributed by atoms with van der Waals surface area (Å²) in [7, 11) is -3.59. The summed E-state index contributed by atoms with van der Waals surface area (Å²) in [6.07, 6.45) is 2.12. The number of sulfonamides is 1. The van der Waals surface area contributed by atoms with Gasteiger partial charge in [0.15, 0.2) is 0 Å². The lowest BCUT2D eigenvalue weighted by Gasteiger charge is -2.21. The third-order valence-corrected chi connectivity index (χ3v) is 7.14. The first kappa shape index (κ1) is 14.1. The van der Waals surface area contributed by atoms with Crippen LogP contribution in [0.3, 0.4) is 0 Å². The van der Waals surface area contributed by atoms with E-state index in [1.165, 1.54) is 5.56 Å². The van der Waals surface area contributed by atoms with Crippen molar-refractivity contribution in [3.8, 4) is 0 Å². The van der Waals surface area contributed by atoms with Crippen molar-refractivity contribution >= 4 is 27.3 Å². The number of para-hydroxylation sites is 1. The number of halogens is 1. The molecule has 2 aromatic carbocycles. The first-order chi connectivity index (χ1) is 10.5. The van der Waals surface area contributed by atoms with Crippen LogP contribution in [-0.4, -0.2) is 15.0 Å². The number of hydrogen-bond donors (Lipinski definition) is 0. The molecule has 2 aliphatic rings. The van der Waals surface area contributed by atoms with E-state index in [2.05, 4.69) is 6.07 Å². The normalized spacial score (nSPS) is 18.5. The molecule has 1 aliphatic heterocycles. The smallest absolute Gasteiger partial charge is 0.264 e. The Morgan fingerprint density at radius 1 is 1.09 bits per heavy atom. The Labute approximate surface area is 135 Å². The molecule has 0 radical (unpaired) electrons. The number of anilines is 1. The van der Waals surface area contributed by atoms with Crippen LogP contribution >= 0.6 is 11.6 Å². The van der Waals surface area contributed by atoms with Gasteiger partial charge in [-0.05, 0) is 49.1 Å². The fourth-order valence-electron chi connectivity index (χ4n) is 3.36. The molecule has 0 unspecified atom stereocenters. The molecule has 1 spiro atoms. The van der Waals surface area contributed by atoms with Crippen LogP contribution in [0, 0.1) is 6.92 Å². The van der Waals surface area contributed by atoms with Crippen LogP contribution in [0.15, 0.2) is 47.4 Å². The highest BCUT2D eigenvalue weighted by Gasteiger charge is 2.54. The van der Waals surface area contributed by atoms with Crippen molar-refractivity contribution < 1.29 is 8.42 Å². The van der Waals surface area contributed by atoms with Crippen LogP contribution in [0.1, 0.15) is 24.0 Å². The molecule has 1 fully saturated rings. The van der Waals surface area contributed by atoms with Gasteiger partial charge in [-0.3, -0.25) is 4.31 Å². The van der Waals surface area contributed by atoms with Gasteiger partial charge in [0.1, 0.15) is 0 Å². The molecule has 3 nitrogen and oxygen atoms in total. The zero-order valence-corrected chi connectivity index (χ0v) is 13.8. The fourth-order valence-corrected chi connectivity index (χ4v) is 5.41. The minimum absolute atomic E-state index is 0.0378. The Bertz CT molecular complexity index is 872. The van der Waals surface area contributed by atoms with Gasteiger partial charge in [-0.15, -0.1) is 0 Å². The molecule has 1 saturated carbocycles. The Morgan fingerprint density at radius 2 is 1.82 bits per heavy atom. The van der Waals surface area contributed by atoms with Gasteiger partial charge in [0.2, 0.25) is 0 Å². The SMILES string of the molecule is Cc1c(Cl)cccc1S(=O)(=O)N1CC2(CC2)c2ccccc21. The fraction of sp³-hybridized carbons (Fsp3) is 0.294. The van der Waals surface area contributed by atoms with Crippen molar-refractivity contribution in [1.82, 2.24) is 0 Å². The number of nitrogens with zero attached hydrogens (tertiary/aromatic N) is 1. The first-order valence-electron chi connectivity index (χ1n) is 7.33. The highest BCUT2D eigenvalue weighted by Crippen LogP contribution is 2.57.